The SMILES string of the molecule is CCN(Cc1cccc2c(-c3ccc(C(=O)NN4C(C)CNCC4C)cc3)c[nH]c12)C(=O)C(C=O)Cc1ccc(O)cc1. The number of hydrogen-bond acceptors (Lipinski definition) is 6. The van der Waals surface area contributed by atoms with Crippen LogP contribution in [0.2, 0.25) is 0 Å². The van der Waals surface area contributed by atoms with Crippen molar-refractivity contribution in [1.82, 2.24) is 25.6 Å². The van der Waals surface area contributed by atoms with Crippen molar-refractivity contribution in [3.63, 3.8) is 0 Å². The number of hydrazine groups is 1. The lowest BCUT2D eigenvalue weighted by molar-refractivity contribution is -0.138. The van der Waals surface area contributed by atoms with Crippen LogP contribution in [0.4, 0.5) is 0 Å². The van der Waals surface area contributed by atoms with Crippen LogP contribution >= 0.6 is 0 Å². The van der Waals surface area contributed by atoms with Crippen LogP contribution < -0.4 is 10.7 Å². The molecule has 2 heterocycles. The monoisotopic (exact) mass is 581 g/mol. The van der Waals surface area contributed by atoms with Gasteiger partial charge in [0.2, 0.25) is 5.91 Å². The van der Waals surface area contributed by atoms with E-state index in [1.54, 1.807) is 29.2 Å². The van der Waals surface area contributed by atoms with E-state index in [-0.39, 0.29) is 36.1 Å². The molecular formula is C34H39N5O4. The minimum Gasteiger partial charge on any atom is -0.508 e. The van der Waals surface area contributed by atoms with Gasteiger partial charge in [-0.1, -0.05) is 42.5 Å². The summed E-state index contributed by atoms with van der Waals surface area (Å²) in [5.74, 6) is -1.02. The van der Waals surface area contributed by atoms with Crippen molar-refractivity contribution in [2.75, 3.05) is 19.6 Å². The average molecular weight is 582 g/mol. The molecule has 3 aromatic carbocycles. The molecule has 4 aromatic rings. The number of piperazine rings is 1. The molecule has 4 N–H and O–H groups in total. The van der Waals surface area contributed by atoms with Crippen molar-refractivity contribution >= 4 is 29.0 Å². The summed E-state index contributed by atoms with van der Waals surface area (Å²) in [5.41, 5.74) is 8.32. The zero-order valence-electron chi connectivity index (χ0n) is 24.8. The van der Waals surface area contributed by atoms with Crippen LogP contribution in [0.1, 0.15) is 42.3 Å². The summed E-state index contributed by atoms with van der Waals surface area (Å²) in [5, 5.41) is 15.9. The number of phenolic OH excluding ortho intramolecular Hbond substituents is 1. The van der Waals surface area contributed by atoms with Gasteiger partial charge in [-0.2, -0.15) is 0 Å². The average Bonchev–Trinajstić information content (AvgIpc) is 3.46. The van der Waals surface area contributed by atoms with Gasteiger partial charge in [-0.15, -0.1) is 0 Å². The van der Waals surface area contributed by atoms with E-state index in [1.807, 2.05) is 60.6 Å². The summed E-state index contributed by atoms with van der Waals surface area (Å²) >= 11 is 0. The van der Waals surface area contributed by atoms with E-state index in [4.69, 9.17) is 0 Å². The lowest BCUT2D eigenvalue weighted by atomic mass is 9.98. The van der Waals surface area contributed by atoms with E-state index in [1.165, 1.54) is 0 Å². The van der Waals surface area contributed by atoms with E-state index < -0.39 is 5.92 Å². The van der Waals surface area contributed by atoms with Crippen LogP contribution in [-0.2, 0) is 22.6 Å². The van der Waals surface area contributed by atoms with Gasteiger partial charge < -0.3 is 25.1 Å². The number of nitrogens with one attached hydrogen (secondary N) is 3. The second-order valence-electron chi connectivity index (χ2n) is 11.3. The molecule has 0 radical (unpaired) electrons. The topological polar surface area (TPSA) is 118 Å². The number of para-hydroxylation sites is 1. The molecule has 3 atom stereocenters. The first-order chi connectivity index (χ1) is 20.8. The number of aromatic hydroxyl groups is 1. The maximum atomic E-state index is 13.4. The number of benzene rings is 3. The van der Waals surface area contributed by atoms with Crippen molar-refractivity contribution in [2.45, 2.75) is 45.8 Å². The Labute approximate surface area is 251 Å². The largest absolute Gasteiger partial charge is 0.508 e. The number of aromatic amines is 1. The summed E-state index contributed by atoms with van der Waals surface area (Å²) < 4.78 is 0. The lowest BCUT2D eigenvalue weighted by Gasteiger charge is -2.39. The number of aldehydes is 1. The maximum absolute atomic E-state index is 13.4. The second-order valence-corrected chi connectivity index (χ2v) is 11.3. The Morgan fingerprint density at radius 3 is 2.40 bits per heavy atom. The first-order valence-electron chi connectivity index (χ1n) is 14.8. The van der Waals surface area contributed by atoms with Crippen molar-refractivity contribution in [3.05, 3.63) is 89.6 Å². The Balaban J connectivity index is 1.31. The van der Waals surface area contributed by atoms with Gasteiger partial charge in [-0.3, -0.25) is 15.0 Å². The van der Waals surface area contributed by atoms with Gasteiger partial charge in [0, 0.05) is 61.0 Å². The molecule has 5 rings (SSSR count). The maximum Gasteiger partial charge on any atom is 0.265 e. The molecule has 43 heavy (non-hydrogen) atoms. The molecule has 1 aromatic heterocycles. The number of carbonyl (C=O) groups excluding carboxylic acids is 3. The molecule has 2 amide bonds. The van der Waals surface area contributed by atoms with Crippen LogP contribution in [0.5, 0.6) is 5.75 Å². The number of rotatable bonds is 10. The number of nitrogens with zero attached hydrogens (tertiary/aromatic N) is 2. The van der Waals surface area contributed by atoms with Gasteiger partial charge in [0.1, 0.15) is 12.0 Å². The van der Waals surface area contributed by atoms with Gasteiger partial charge in [-0.05, 0) is 68.1 Å². The van der Waals surface area contributed by atoms with Crippen molar-refractivity contribution < 1.29 is 19.5 Å². The Bertz CT molecular complexity index is 1570. The molecule has 0 saturated carbocycles. The number of H-pyrrole nitrogens is 1. The smallest absolute Gasteiger partial charge is 0.265 e. The van der Waals surface area contributed by atoms with Crippen molar-refractivity contribution in [3.8, 4) is 16.9 Å². The number of amides is 2. The Kier molecular flexibility index (Phi) is 9.23. The zero-order valence-corrected chi connectivity index (χ0v) is 24.8. The molecule has 1 aliphatic heterocycles. The predicted molar refractivity (Wildman–Crippen MR) is 167 cm³/mol. The van der Waals surface area contributed by atoms with Crippen LogP contribution in [0.25, 0.3) is 22.0 Å². The third-order valence-corrected chi connectivity index (χ3v) is 8.25. The minimum absolute atomic E-state index is 0.128. The highest BCUT2D eigenvalue weighted by atomic mass is 16.3. The molecule has 9 heteroatoms. The summed E-state index contributed by atoms with van der Waals surface area (Å²) in [7, 11) is 0. The summed E-state index contributed by atoms with van der Waals surface area (Å²) in [6.07, 6.45) is 2.93. The van der Waals surface area contributed by atoms with Gasteiger partial charge in [0.15, 0.2) is 0 Å². The number of aromatic nitrogens is 1. The normalized spacial score (nSPS) is 17.8. The van der Waals surface area contributed by atoms with Crippen molar-refractivity contribution in [1.29, 1.82) is 0 Å². The highest BCUT2D eigenvalue weighted by Gasteiger charge is 2.27. The molecular weight excluding hydrogens is 542 g/mol. The fourth-order valence-corrected chi connectivity index (χ4v) is 5.79. The minimum atomic E-state index is -0.809. The number of carbonyl (C=O) groups is 3. The Morgan fingerprint density at radius 1 is 1.05 bits per heavy atom. The number of phenols is 1. The van der Waals surface area contributed by atoms with E-state index in [9.17, 15) is 19.5 Å². The van der Waals surface area contributed by atoms with Crippen LogP contribution in [0, 0.1) is 5.92 Å². The van der Waals surface area contributed by atoms with Gasteiger partial charge in [-0.25, -0.2) is 5.01 Å². The fraction of sp³-hybridized carbons (Fsp3) is 0.324. The summed E-state index contributed by atoms with van der Waals surface area (Å²) in [6, 6.07) is 20.6. The van der Waals surface area contributed by atoms with Gasteiger partial charge >= 0.3 is 0 Å². The number of fused-ring (bicyclic) bond motifs is 1. The highest BCUT2D eigenvalue weighted by molar-refractivity contribution is 5.99. The van der Waals surface area contributed by atoms with E-state index >= 15 is 0 Å². The van der Waals surface area contributed by atoms with E-state index in [0.29, 0.717) is 24.9 Å². The zero-order chi connectivity index (χ0) is 30.5. The molecule has 3 unspecified atom stereocenters. The van der Waals surface area contributed by atoms with Crippen LogP contribution in [0.3, 0.4) is 0 Å². The third kappa shape index (κ3) is 6.63. The first kappa shape index (κ1) is 30.0. The molecule has 0 spiro atoms. The third-order valence-electron chi connectivity index (χ3n) is 8.25. The second kappa shape index (κ2) is 13.2. The van der Waals surface area contributed by atoms with Crippen LogP contribution in [-0.4, -0.2) is 69.8 Å². The Hall–Kier alpha value is -4.47. The van der Waals surface area contributed by atoms with Crippen LogP contribution in [0.15, 0.2) is 72.9 Å². The quantitative estimate of drug-likeness (QED) is 0.164. The van der Waals surface area contributed by atoms with E-state index in [0.717, 1.165) is 46.2 Å². The molecule has 1 aliphatic rings. The van der Waals surface area contributed by atoms with E-state index in [2.05, 4.69) is 29.6 Å². The Morgan fingerprint density at radius 2 is 1.74 bits per heavy atom. The lowest BCUT2D eigenvalue weighted by Crippen LogP contribution is -2.61. The number of hydrogen-bond donors (Lipinski definition) is 4. The highest BCUT2D eigenvalue weighted by Crippen LogP contribution is 2.31. The molecule has 9 nitrogen and oxygen atoms in total. The molecule has 1 fully saturated rings. The molecule has 1 saturated heterocycles. The first-order valence-corrected chi connectivity index (χ1v) is 14.8. The molecule has 0 aliphatic carbocycles. The van der Waals surface area contributed by atoms with Crippen molar-refractivity contribution in [2.24, 2.45) is 5.92 Å². The molecule has 224 valence electrons. The van der Waals surface area contributed by atoms with Gasteiger partial charge in [0.25, 0.3) is 5.91 Å². The summed E-state index contributed by atoms with van der Waals surface area (Å²) in [4.78, 5) is 43.4. The predicted octanol–water partition coefficient (Wildman–Crippen LogP) is 4.27. The fourth-order valence-electron chi connectivity index (χ4n) is 5.79. The molecule has 0 bridgehead atoms. The van der Waals surface area contributed by atoms with Gasteiger partial charge in [0.05, 0.1) is 11.4 Å². The summed E-state index contributed by atoms with van der Waals surface area (Å²) in [6.45, 7) is 8.55. The standard InChI is InChI=1S/C34H39N5O4/c1-4-38(34(43)28(21-40)16-24-8-14-29(41)15-9-24)20-27-6-5-7-30-31(19-36-32(27)30)25-10-12-26(13-11-25)33(42)37-39-22(2)17-35-18-23(39)3/h5-15,19,21-23,28,35-36,41H,4,16-18,20H2,1-3H3,(H,37,42).